The van der Waals surface area contributed by atoms with Gasteiger partial charge in [-0.2, -0.15) is 0 Å². The van der Waals surface area contributed by atoms with Gasteiger partial charge >= 0.3 is 0 Å². The molecule has 7 heteroatoms. The molecule has 0 bridgehead atoms. The summed E-state index contributed by atoms with van der Waals surface area (Å²) in [7, 11) is 0. The Morgan fingerprint density at radius 1 is 1.12 bits per heavy atom. The highest BCUT2D eigenvalue weighted by Crippen LogP contribution is 2.22. The average Bonchev–Trinajstić information content (AvgIpc) is 3.19. The van der Waals surface area contributed by atoms with E-state index in [1.54, 1.807) is 30.5 Å². The molecule has 0 saturated carbocycles. The lowest BCUT2D eigenvalue weighted by Gasteiger charge is -2.02. The molecule has 1 N–H and O–H groups in total. The van der Waals surface area contributed by atoms with Crippen LogP contribution >= 0.6 is 11.3 Å². The van der Waals surface area contributed by atoms with Crippen molar-refractivity contribution in [2.24, 2.45) is 4.99 Å². The Balaban J connectivity index is 1.55. The van der Waals surface area contributed by atoms with Crippen molar-refractivity contribution in [1.82, 2.24) is 19.7 Å². The monoisotopic (exact) mass is 349 g/mol. The highest BCUT2D eigenvalue weighted by Gasteiger charge is 2.10. The second-order valence-electron chi connectivity index (χ2n) is 5.56. The van der Waals surface area contributed by atoms with Crippen molar-refractivity contribution in [2.75, 3.05) is 0 Å². The summed E-state index contributed by atoms with van der Waals surface area (Å²) in [6, 6.07) is 14.9. The van der Waals surface area contributed by atoms with E-state index in [0.717, 1.165) is 27.4 Å². The fourth-order valence-corrected chi connectivity index (χ4v) is 3.25. The van der Waals surface area contributed by atoms with E-state index >= 15 is 0 Å². The van der Waals surface area contributed by atoms with Gasteiger partial charge in [-0.05, 0) is 48.9 Å². The van der Waals surface area contributed by atoms with Crippen LogP contribution in [0.25, 0.3) is 11.0 Å². The van der Waals surface area contributed by atoms with Crippen LogP contribution in [0.15, 0.2) is 53.5 Å². The number of para-hydroxylation sites is 2. The molecule has 2 heterocycles. The van der Waals surface area contributed by atoms with E-state index in [0.29, 0.717) is 11.7 Å². The van der Waals surface area contributed by atoms with Crippen LogP contribution in [0.1, 0.15) is 16.4 Å². The standard InChI is InChI=1S/C18H15N5OS/c1-12-20-15-4-2-3-5-16(15)23(12)11-17-21-22-18(25-17)19-10-13-6-8-14(24)9-7-13/h2-10,24H,11H2,1H3/b19-10+. The third kappa shape index (κ3) is 3.27. The summed E-state index contributed by atoms with van der Waals surface area (Å²) in [5.41, 5.74) is 2.96. The minimum Gasteiger partial charge on any atom is -0.508 e. The van der Waals surface area contributed by atoms with Crippen LogP contribution in [0.3, 0.4) is 0 Å². The van der Waals surface area contributed by atoms with Gasteiger partial charge < -0.3 is 9.67 Å². The topological polar surface area (TPSA) is 76.2 Å². The molecule has 2 aromatic carbocycles. The van der Waals surface area contributed by atoms with Crippen LogP contribution in [-0.2, 0) is 6.54 Å². The van der Waals surface area contributed by atoms with Crippen molar-refractivity contribution >= 4 is 33.7 Å². The number of rotatable bonds is 4. The minimum atomic E-state index is 0.235. The summed E-state index contributed by atoms with van der Waals surface area (Å²) < 4.78 is 2.13. The Hall–Kier alpha value is -3.06. The number of phenols is 1. The van der Waals surface area contributed by atoms with Crippen molar-refractivity contribution in [3.8, 4) is 5.75 Å². The van der Waals surface area contributed by atoms with Crippen molar-refractivity contribution in [3.63, 3.8) is 0 Å². The van der Waals surface area contributed by atoms with Gasteiger partial charge in [0.2, 0.25) is 5.13 Å². The van der Waals surface area contributed by atoms with Crippen molar-refractivity contribution in [3.05, 3.63) is 64.9 Å². The van der Waals surface area contributed by atoms with Crippen LogP contribution in [0.4, 0.5) is 5.13 Å². The maximum absolute atomic E-state index is 9.29. The zero-order valence-electron chi connectivity index (χ0n) is 13.5. The fraction of sp³-hybridized carbons (Fsp3) is 0.111. The SMILES string of the molecule is Cc1nc2ccccc2n1Cc1nnc(/N=C/c2ccc(O)cc2)s1. The molecule has 4 rings (SSSR count). The van der Waals surface area contributed by atoms with Gasteiger partial charge in [0, 0.05) is 6.21 Å². The van der Waals surface area contributed by atoms with Gasteiger partial charge in [-0.3, -0.25) is 0 Å². The van der Waals surface area contributed by atoms with Crippen LogP contribution in [0.5, 0.6) is 5.75 Å². The molecule has 2 aromatic heterocycles. The number of aromatic nitrogens is 4. The van der Waals surface area contributed by atoms with E-state index in [1.165, 1.54) is 11.3 Å². The molecule has 0 amide bonds. The molecule has 0 aliphatic heterocycles. The quantitative estimate of drug-likeness (QED) is 0.570. The highest BCUT2D eigenvalue weighted by molar-refractivity contribution is 7.14. The Morgan fingerprint density at radius 2 is 1.92 bits per heavy atom. The molecule has 0 spiro atoms. The molecule has 0 saturated heterocycles. The molecular formula is C18H15N5OS. The van der Waals surface area contributed by atoms with Crippen molar-refractivity contribution in [1.29, 1.82) is 0 Å². The smallest absolute Gasteiger partial charge is 0.231 e. The van der Waals surface area contributed by atoms with E-state index in [1.807, 2.05) is 25.1 Å². The normalized spacial score (nSPS) is 11.6. The lowest BCUT2D eigenvalue weighted by molar-refractivity contribution is 0.475. The summed E-state index contributed by atoms with van der Waals surface area (Å²) in [5.74, 6) is 1.18. The fourth-order valence-electron chi connectivity index (χ4n) is 2.58. The van der Waals surface area contributed by atoms with E-state index < -0.39 is 0 Å². The van der Waals surface area contributed by atoms with E-state index in [2.05, 4.69) is 30.8 Å². The lowest BCUT2D eigenvalue weighted by atomic mass is 10.2. The first-order valence-electron chi connectivity index (χ1n) is 7.76. The van der Waals surface area contributed by atoms with Gasteiger partial charge in [-0.15, -0.1) is 10.2 Å². The van der Waals surface area contributed by atoms with E-state index in [4.69, 9.17) is 0 Å². The van der Waals surface area contributed by atoms with Crippen LogP contribution in [0, 0.1) is 6.92 Å². The molecular weight excluding hydrogens is 334 g/mol. The Morgan fingerprint density at radius 3 is 2.76 bits per heavy atom. The zero-order chi connectivity index (χ0) is 17.2. The van der Waals surface area contributed by atoms with Gasteiger partial charge in [-0.25, -0.2) is 9.98 Å². The van der Waals surface area contributed by atoms with Gasteiger partial charge in [0.25, 0.3) is 0 Å². The van der Waals surface area contributed by atoms with Gasteiger partial charge in [0.05, 0.1) is 17.6 Å². The van der Waals surface area contributed by atoms with Crippen LogP contribution < -0.4 is 0 Å². The number of nitrogens with zero attached hydrogens (tertiary/aromatic N) is 5. The van der Waals surface area contributed by atoms with Gasteiger partial charge in [-0.1, -0.05) is 23.5 Å². The maximum atomic E-state index is 9.29. The minimum absolute atomic E-state index is 0.235. The van der Waals surface area contributed by atoms with E-state index in [9.17, 15) is 5.11 Å². The molecule has 0 aliphatic rings. The molecule has 6 nitrogen and oxygen atoms in total. The molecule has 0 aliphatic carbocycles. The molecule has 0 radical (unpaired) electrons. The summed E-state index contributed by atoms with van der Waals surface area (Å²) in [5, 5.41) is 19.1. The number of hydrogen-bond donors (Lipinski definition) is 1. The summed E-state index contributed by atoms with van der Waals surface area (Å²) >= 11 is 1.45. The average molecular weight is 349 g/mol. The number of imidazole rings is 1. The Kier molecular flexibility index (Phi) is 3.99. The third-order valence-electron chi connectivity index (χ3n) is 3.81. The van der Waals surface area contributed by atoms with Crippen molar-refractivity contribution < 1.29 is 5.11 Å². The first kappa shape index (κ1) is 15.5. The number of fused-ring (bicyclic) bond motifs is 1. The highest BCUT2D eigenvalue weighted by atomic mass is 32.1. The predicted octanol–water partition coefficient (Wildman–Crippen LogP) is 3.70. The Bertz CT molecular complexity index is 1050. The van der Waals surface area contributed by atoms with E-state index in [-0.39, 0.29) is 5.75 Å². The Labute approximate surface area is 148 Å². The molecule has 124 valence electrons. The van der Waals surface area contributed by atoms with Crippen molar-refractivity contribution in [2.45, 2.75) is 13.5 Å². The lowest BCUT2D eigenvalue weighted by Crippen LogP contribution is -2.01. The van der Waals surface area contributed by atoms with Crippen LogP contribution in [0.2, 0.25) is 0 Å². The largest absolute Gasteiger partial charge is 0.508 e. The number of aryl methyl sites for hydroxylation is 1. The number of benzene rings is 2. The number of aromatic hydroxyl groups is 1. The maximum Gasteiger partial charge on any atom is 0.231 e. The predicted molar refractivity (Wildman–Crippen MR) is 98.8 cm³/mol. The first-order chi connectivity index (χ1) is 12.2. The first-order valence-corrected chi connectivity index (χ1v) is 8.58. The third-order valence-corrected chi connectivity index (χ3v) is 4.63. The second-order valence-corrected chi connectivity index (χ2v) is 6.60. The van der Waals surface area contributed by atoms with Gasteiger partial charge in [0.1, 0.15) is 16.6 Å². The zero-order valence-corrected chi connectivity index (χ0v) is 14.3. The molecule has 25 heavy (non-hydrogen) atoms. The summed E-state index contributed by atoms with van der Waals surface area (Å²) in [4.78, 5) is 8.92. The second kappa shape index (κ2) is 6.45. The van der Waals surface area contributed by atoms with Gasteiger partial charge in [0.15, 0.2) is 0 Å². The molecule has 0 unspecified atom stereocenters. The number of hydrogen-bond acceptors (Lipinski definition) is 6. The molecule has 0 fully saturated rings. The number of phenolic OH excluding ortho intramolecular Hbond substituents is 1. The molecule has 0 atom stereocenters. The number of aliphatic imine (C=N–C) groups is 1. The summed E-state index contributed by atoms with van der Waals surface area (Å²) in [6.07, 6.45) is 1.71. The van der Waals surface area contributed by atoms with Crippen LogP contribution in [-0.4, -0.2) is 31.1 Å². The molecule has 4 aromatic rings. The summed E-state index contributed by atoms with van der Waals surface area (Å²) in [6.45, 7) is 2.61.